The molecule has 3 unspecified atom stereocenters. The maximum Gasteiger partial charge on any atom is 0.335 e. The van der Waals surface area contributed by atoms with Crippen LogP contribution < -0.4 is 11.1 Å². The van der Waals surface area contributed by atoms with Gasteiger partial charge in [0.05, 0.1) is 23.0 Å². The van der Waals surface area contributed by atoms with Gasteiger partial charge in [-0.3, -0.25) is 4.79 Å². The minimum atomic E-state index is -0.963. The summed E-state index contributed by atoms with van der Waals surface area (Å²) in [6.07, 6.45) is 1.21. The molecule has 0 saturated heterocycles. The Hall–Kier alpha value is -2.90. The second-order valence-corrected chi connectivity index (χ2v) is 8.94. The number of halogens is 2. The number of carboxylic acids is 1. The molecule has 33 heavy (non-hydrogen) atoms. The van der Waals surface area contributed by atoms with Crippen LogP contribution in [0.2, 0.25) is 5.02 Å². The highest BCUT2D eigenvalue weighted by Crippen LogP contribution is 2.41. The van der Waals surface area contributed by atoms with E-state index >= 15 is 0 Å². The lowest BCUT2D eigenvalue weighted by atomic mass is 9.85. The number of nitrogens with zero attached hydrogens (tertiary/aromatic N) is 1. The first kappa shape index (κ1) is 23.3. The Balaban J connectivity index is 1.58. The molecule has 0 aliphatic carbocycles. The van der Waals surface area contributed by atoms with Crippen LogP contribution in [0.4, 0.5) is 4.39 Å². The molecule has 0 aromatic heterocycles. The molecule has 8 heteroatoms. The molecule has 4 N–H and O–H groups in total. The van der Waals surface area contributed by atoms with Gasteiger partial charge in [-0.15, -0.1) is 0 Å². The first-order valence-corrected chi connectivity index (χ1v) is 11.5. The Morgan fingerprint density at radius 2 is 1.97 bits per heavy atom. The van der Waals surface area contributed by atoms with E-state index in [1.807, 2.05) is 12.1 Å². The fourth-order valence-electron chi connectivity index (χ4n) is 4.97. The summed E-state index contributed by atoms with van der Waals surface area (Å²) in [6.45, 7) is 3.21. The molecular formula is C25H27ClFN3O3. The third-order valence-electron chi connectivity index (χ3n) is 6.61. The van der Waals surface area contributed by atoms with Crippen molar-refractivity contribution in [3.8, 4) is 0 Å². The normalized spacial score (nSPS) is 20.5. The number of benzene rings is 2. The van der Waals surface area contributed by atoms with E-state index in [2.05, 4.69) is 12.2 Å². The molecule has 174 valence electrons. The van der Waals surface area contributed by atoms with E-state index in [0.717, 1.165) is 23.3 Å². The number of hydrogen-bond acceptors (Lipinski definition) is 4. The second-order valence-electron chi connectivity index (χ2n) is 8.53. The third-order valence-corrected chi connectivity index (χ3v) is 6.91. The number of carbonyl (C=O) groups excluding carboxylic acids is 1. The lowest BCUT2D eigenvalue weighted by Crippen LogP contribution is -2.39. The SMILES string of the molecule is CCC1NC2=C(CN(C(=O)C(CCN)c3cccc(Cl)c3F)C2)C1c1ccc(C(=O)O)cc1. The van der Waals surface area contributed by atoms with Gasteiger partial charge in [-0.2, -0.15) is 0 Å². The van der Waals surface area contributed by atoms with Crippen LogP contribution in [0.15, 0.2) is 53.7 Å². The quantitative estimate of drug-likeness (QED) is 0.569. The predicted molar refractivity (Wildman–Crippen MR) is 125 cm³/mol. The van der Waals surface area contributed by atoms with Gasteiger partial charge in [0.2, 0.25) is 5.91 Å². The summed E-state index contributed by atoms with van der Waals surface area (Å²) in [5.41, 5.74) is 9.42. The highest BCUT2D eigenvalue weighted by Gasteiger charge is 2.42. The molecular weight excluding hydrogens is 445 g/mol. The Morgan fingerprint density at radius 1 is 1.24 bits per heavy atom. The van der Waals surface area contributed by atoms with E-state index in [1.54, 1.807) is 29.2 Å². The Bertz CT molecular complexity index is 1100. The number of nitrogens with one attached hydrogen (secondary N) is 1. The van der Waals surface area contributed by atoms with Crippen molar-refractivity contribution in [3.05, 3.63) is 81.3 Å². The molecule has 3 atom stereocenters. The van der Waals surface area contributed by atoms with Crippen LogP contribution >= 0.6 is 11.6 Å². The summed E-state index contributed by atoms with van der Waals surface area (Å²) >= 11 is 5.96. The van der Waals surface area contributed by atoms with Crippen molar-refractivity contribution in [1.82, 2.24) is 10.2 Å². The van der Waals surface area contributed by atoms with Gasteiger partial charge >= 0.3 is 5.97 Å². The summed E-state index contributed by atoms with van der Waals surface area (Å²) in [7, 11) is 0. The summed E-state index contributed by atoms with van der Waals surface area (Å²) in [6, 6.07) is 11.8. The second kappa shape index (κ2) is 9.53. The van der Waals surface area contributed by atoms with Gasteiger partial charge < -0.3 is 21.1 Å². The van der Waals surface area contributed by atoms with Crippen molar-refractivity contribution in [3.63, 3.8) is 0 Å². The van der Waals surface area contributed by atoms with Crippen molar-refractivity contribution in [2.45, 2.75) is 37.6 Å². The molecule has 2 aromatic carbocycles. The average molecular weight is 472 g/mol. The van der Waals surface area contributed by atoms with Crippen LogP contribution in [0.25, 0.3) is 0 Å². The smallest absolute Gasteiger partial charge is 0.335 e. The molecule has 0 saturated carbocycles. The highest BCUT2D eigenvalue weighted by atomic mass is 35.5. The van der Waals surface area contributed by atoms with Crippen LogP contribution in [0.5, 0.6) is 0 Å². The molecule has 2 aliphatic heterocycles. The van der Waals surface area contributed by atoms with E-state index in [-0.39, 0.29) is 40.6 Å². The summed E-state index contributed by atoms with van der Waals surface area (Å²) in [5, 5.41) is 12.7. The minimum Gasteiger partial charge on any atom is -0.478 e. The first-order chi connectivity index (χ1) is 15.8. The maximum atomic E-state index is 14.7. The van der Waals surface area contributed by atoms with Gasteiger partial charge in [-0.05, 0) is 48.7 Å². The van der Waals surface area contributed by atoms with Gasteiger partial charge in [-0.1, -0.05) is 42.8 Å². The fraction of sp³-hybridized carbons (Fsp3) is 0.360. The molecule has 0 radical (unpaired) electrons. The Kier molecular flexibility index (Phi) is 6.72. The standard InChI is InChI=1S/C25H27ClFN3O3/c1-2-20-22(14-6-8-15(9-7-14)25(32)33)18-12-30(13-21(18)29-20)24(31)17(10-11-28)16-4-3-5-19(26)23(16)27/h3-9,17,20,22,29H,2,10-13,28H2,1H3,(H,32,33). The molecule has 2 aromatic rings. The van der Waals surface area contributed by atoms with Crippen LogP contribution in [0.1, 0.15) is 53.1 Å². The lowest BCUT2D eigenvalue weighted by Gasteiger charge is -2.29. The van der Waals surface area contributed by atoms with Crippen LogP contribution in [-0.4, -0.2) is 47.6 Å². The fourth-order valence-corrected chi connectivity index (χ4v) is 5.15. The maximum absolute atomic E-state index is 14.7. The Labute approximate surface area is 197 Å². The first-order valence-electron chi connectivity index (χ1n) is 11.1. The van der Waals surface area contributed by atoms with Crippen LogP contribution in [-0.2, 0) is 4.79 Å². The summed E-state index contributed by atoms with van der Waals surface area (Å²) < 4.78 is 14.7. The molecule has 2 heterocycles. The van der Waals surface area contributed by atoms with Gasteiger partial charge in [0.25, 0.3) is 0 Å². The van der Waals surface area contributed by atoms with E-state index in [1.165, 1.54) is 6.07 Å². The molecule has 2 aliphatic rings. The van der Waals surface area contributed by atoms with Crippen LogP contribution in [0.3, 0.4) is 0 Å². The van der Waals surface area contributed by atoms with Gasteiger partial charge in [0.15, 0.2) is 0 Å². The van der Waals surface area contributed by atoms with Gasteiger partial charge in [0, 0.05) is 29.8 Å². The summed E-state index contributed by atoms with van der Waals surface area (Å²) in [4.78, 5) is 26.4. The largest absolute Gasteiger partial charge is 0.478 e. The van der Waals surface area contributed by atoms with Gasteiger partial charge in [-0.25, -0.2) is 9.18 Å². The van der Waals surface area contributed by atoms with Crippen molar-refractivity contribution in [2.75, 3.05) is 19.6 Å². The zero-order valence-electron chi connectivity index (χ0n) is 18.4. The number of hydrogen-bond donors (Lipinski definition) is 3. The van der Waals surface area contributed by atoms with Crippen molar-refractivity contribution < 1.29 is 19.1 Å². The Morgan fingerprint density at radius 3 is 2.61 bits per heavy atom. The highest BCUT2D eigenvalue weighted by molar-refractivity contribution is 6.30. The number of rotatable bonds is 7. The number of aromatic carboxylic acids is 1. The monoisotopic (exact) mass is 471 g/mol. The molecule has 6 nitrogen and oxygen atoms in total. The molecule has 1 amide bonds. The molecule has 4 rings (SSSR count). The average Bonchev–Trinajstić information content (AvgIpc) is 3.37. The lowest BCUT2D eigenvalue weighted by molar-refractivity contribution is -0.131. The van der Waals surface area contributed by atoms with Gasteiger partial charge in [0.1, 0.15) is 5.82 Å². The van der Waals surface area contributed by atoms with E-state index in [4.69, 9.17) is 17.3 Å². The van der Waals surface area contributed by atoms with Crippen LogP contribution in [0, 0.1) is 5.82 Å². The number of nitrogens with two attached hydrogens (primary N) is 1. The zero-order valence-corrected chi connectivity index (χ0v) is 19.1. The predicted octanol–water partition coefficient (Wildman–Crippen LogP) is 3.87. The van der Waals surface area contributed by atoms with Crippen molar-refractivity contribution >= 4 is 23.5 Å². The topological polar surface area (TPSA) is 95.7 Å². The number of carboxylic acid groups (broad SMARTS) is 1. The van der Waals surface area contributed by atoms with E-state index in [0.29, 0.717) is 19.5 Å². The molecule has 0 spiro atoms. The number of amides is 1. The minimum absolute atomic E-state index is 0.0123. The molecule has 0 fully saturated rings. The molecule has 0 bridgehead atoms. The van der Waals surface area contributed by atoms with E-state index < -0.39 is 17.7 Å². The third kappa shape index (κ3) is 4.35. The van der Waals surface area contributed by atoms with Crippen molar-refractivity contribution in [1.29, 1.82) is 0 Å². The van der Waals surface area contributed by atoms with Crippen molar-refractivity contribution in [2.24, 2.45) is 5.73 Å². The summed E-state index contributed by atoms with van der Waals surface area (Å²) in [5.74, 6) is -2.38. The number of carbonyl (C=O) groups is 2. The zero-order chi connectivity index (χ0) is 23.7. The van der Waals surface area contributed by atoms with E-state index in [9.17, 15) is 19.1 Å².